The van der Waals surface area contributed by atoms with Gasteiger partial charge in [-0.15, -0.1) is 0 Å². The van der Waals surface area contributed by atoms with Gasteiger partial charge in [-0.3, -0.25) is 4.79 Å². The third-order valence-corrected chi connectivity index (χ3v) is 4.06. The molecule has 0 bridgehead atoms. The van der Waals surface area contributed by atoms with E-state index in [4.69, 9.17) is 0 Å². The first-order valence-corrected chi connectivity index (χ1v) is 8.63. The third kappa shape index (κ3) is 3.60. The number of H-pyrrole nitrogens is 1. The first kappa shape index (κ1) is 17.3. The van der Waals surface area contributed by atoms with Crippen LogP contribution < -0.4 is 5.32 Å². The molecule has 3 rings (SSSR count). The van der Waals surface area contributed by atoms with Crippen LogP contribution in [0.1, 0.15) is 45.0 Å². The number of anilines is 1. The summed E-state index contributed by atoms with van der Waals surface area (Å²) in [5.74, 6) is 0.931. The fourth-order valence-corrected chi connectivity index (χ4v) is 2.92. The van der Waals surface area contributed by atoms with E-state index in [9.17, 15) is 4.79 Å². The predicted molar refractivity (Wildman–Crippen MR) is 103 cm³/mol. The maximum absolute atomic E-state index is 12.2. The molecule has 0 radical (unpaired) electrons. The van der Waals surface area contributed by atoms with E-state index in [2.05, 4.69) is 48.3 Å². The Labute approximate surface area is 148 Å². The highest BCUT2D eigenvalue weighted by Crippen LogP contribution is 2.26. The number of fused-ring (bicyclic) bond motifs is 1. The molecule has 132 valence electrons. The normalized spacial score (nSPS) is 12.1. The summed E-state index contributed by atoms with van der Waals surface area (Å²) < 4.78 is 2.05. The second-order valence-electron chi connectivity index (χ2n) is 7.94. The van der Waals surface area contributed by atoms with Crippen molar-refractivity contribution in [2.45, 2.75) is 40.2 Å². The van der Waals surface area contributed by atoms with Crippen molar-refractivity contribution < 1.29 is 4.79 Å². The number of nitrogens with one attached hydrogen (secondary N) is 2. The molecule has 0 unspecified atom stereocenters. The molecule has 5 nitrogen and oxygen atoms in total. The Morgan fingerprint density at radius 1 is 1.24 bits per heavy atom. The first-order chi connectivity index (χ1) is 11.6. The number of rotatable bonds is 4. The van der Waals surface area contributed by atoms with Crippen LogP contribution in [-0.4, -0.2) is 25.9 Å². The van der Waals surface area contributed by atoms with Gasteiger partial charge < -0.3 is 14.9 Å². The average Bonchev–Trinajstić information content (AvgIpc) is 3.06. The molecule has 2 heterocycles. The number of aromatic nitrogens is 3. The lowest BCUT2D eigenvalue weighted by molar-refractivity contribution is 0.0939. The Morgan fingerprint density at radius 2 is 1.96 bits per heavy atom. The van der Waals surface area contributed by atoms with Gasteiger partial charge in [0, 0.05) is 30.3 Å². The molecular weight excluding hydrogens is 312 g/mol. The van der Waals surface area contributed by atoms with Gasteiger partial charge in [0.1, 0.15) is 0 Å². The van der Waals surface area contributed by atoms with Gasteiger partial charge >= 0.3 is 0 Å². The summed E-state index contributed by atoms with van der Waals surface area (Å²) in [6.07, 6.45) is 2.06. The summed E-state index contributed by atoms with van der Waals surface area (Å²) in [6.45, 7) is 10.2. The summed E-state index contributed by atoms with van der Waals surface area (Å²) >= 11 is 0. The minimum Gasteiger partial charge on any atom is -0.379 e. The van der Waals surface area contributed by atoms with Crippen LogP contribution in [-0.2, 0) is 7.05 Å². The van der Waals surface area contributed by atoms with Crippen LogP contribution in [0.4, 0.5) is 5.69 Å². The number of nitrogens with zero attached hydrogens (tertiary/aromatic N) is 2. The van der Waals surface area contributed by atoms with Crippen molar-refractivity contribution >= 4 is 22.5 Å². The molecule has 0 aliphatic rings. The highest BCUT2D eigenvalue weighted by molar-refractivity contribution is 6.00. The molecular formula is C20H26N4O. The van der Waals surface area contributed by atoms with Gasteiger partial charge in [0.25, 0.3) is 0 Å². The van der Waals surface area contributed by atoms with Crippen LogP contribution in [0.5, 0.6) is 0 Å². The smallest absolute Gasteiger partial charge is 0.165 e. The van der Waals surface area contributed by atoms with Gasteiger partial charge in [-0.2, -0.15) is 0 Å². The van der Waals surface area contributed by atoms with Crippen LogP contribution in [0.3, 0.4) is 0 Å². The Morgan fingerprint density at radius 3 is 2.60 bits per heavy atom. The minimum atomic E-state index is -0.0150. The maximum Gasteiger partial charge on any atom is 0.165 e. The zero-order valence-corrected chi connectivity index (χ0v) is 15.8. The van der Waals surface area contributed by atoms with E-state index in [1.54, 1.807) is 0 Å². The number of aromatic amines is 1. The molecule has 2 aromatic heterocycles. The Balaban J connectivity index is 1.98. The molecule has 0 aliphatic carbocycles. The molecule has 0 spiro atoms. The number of ketones is 1. The number of aryl methyl sites for hydroxylation is 1. The van der Waals surface area contributed by atoms with E-state index in [0.717, 1.165) is 33.8 Å². The standard InChI is InChI=1S/C20H26N4O/c1-12(2)18(25)13-7-8-15-16(9-13)22-19(21-15)17-10-14(11-24(17)6)23-20(3,4)5/h7-12,23H,1-6H3,(H,21,22). The highest BCUT2D eigenvalue weighted by atomic mass is 16.1. The van der Waals surface area contributed by atoms with Crippen molar-refractivity contribution in [3.05, 3.63) is 36.0 Å². The quantitative estimate of drug-likeness (QED) is 0.682. The van der Waals surface area contributed by atoms with Crippen molar-refractivity contribution in [2.24, 2.45) is 13.0 Å². The molecule has 0 saturated carbocycles. The molecule has 0 amide bonds. The summed E-state index contributed by atoms with van der Waals surface area (Å²) in [6, 6.07) is 7.74. The van der Waals surface area contributed by atoms with E-state index in [1.807, 2.05) is 43.7 Å². The molecule has 1 aromatic carbocycles. The van der Waals surface area contributed by atoms with E-state index in [-0.39, 0.29) is 17.2 Å². The lowest BCUT2D eigenvalue weighted by Crippen LogP contribution is -2.25. The zero-order valence-electron chi connectivity index (χ0n) is 15.8. The van der Waals surface area contributed by atoms with Gasteiger partial charge in [0.05, 0.1) is 22.4 Å². The van der Waals surface area contributed by atoms with E-state index in [0.29, 0.717) is 0 Å². The first-order valence-electron chi connectivity index (χ1n) is 8.63. The number of Topliss-reactive ketones (excluding diaryl/α,β-unsaturated/α-hetero) is 1. The molecule has 0 saturated heterocycles. The van der Waals surface area contributed by atoms with E-state index >= 15 is 0 Å². The molecule has 0 fully saturated rings. The largest absolute Gasteiger partial charge is 0.379 e. The van der Waals surface area contributed by atoms with Crippen molar-refractivity contribution in [3.63, 3.8) is 0 Å². The molecule has 0 aliphatic heterocycles. The Kier molecular flexibility index (Phi) is 4.19. The van der Waals surface area contributed by atoms with E-state index < -0.39 is 0 Å². The van der Waals surface area contributed by atoms with Gasteiger partial charge in [-0.25, -0.2) is 4.98 Å². The maximum atomic E-state index is 12.2. The van der Waals surface area contributed by atoms with Crippen LogP contribution >= 0.6 is 0 Å². The second kappa shape index (κ2) is 6.06. The second-order valence-corrected chi connectivity index (χ2v) is 7.94. The lowest BCUT2D eigenvalue weighted by Gasteiger charge is -2.20. The topological polar surface area (TPSA) is 62.7 Å². The number of hydrogen-bond donors (Lipinski definition) is 2. The van der Waals surface area contributed by atoms with Crippen molar-refractivity contribution in [2.75, 3.05) is 5.32 Å². The Bertz CT molecular complexity index is 925. The lowest BCUT2D eigenvalue weighted by atomic mass is 10.0. The summed E-state index contributed by atoms with van der Waals surface area (Å²) in [7, 11) is 2.00. The van der Waals surface area contributed by atoms with E-state index in [1.165, 1.54) is 0 Å². The number of carbonyl (C=O) groups excluding carboxylic acids is 1. The van der Waals surface area contributed by atoms with Crippen LogP contribution in [0.25, 0.3) is 22.6 Å². The predicted octanol–water partition coefficient (Wildman–Crippen LogP) is 4.62. The fraction of sp³-hybridized carbons (Fsp3) is 0.400. The highest BCUT2D eigenvalue weighted by Gasteiger charge is 2.16. The zero-order chi connectivity index (χ0) is 18.4. The fourth-order valence-electron chi connectivity index (χ4n) is 2.92. The van der Waals surface area contributed by atoms with Gasteiger partial charge in [0.2, 0.25) is 0 Å². The molecule has 0 atom stereocenters. The Hall–Kier alpha value is -2.56. The monoisotopic (exact) mass is 338 g/mol. The summed E-state index contributed by atoms with van der Waals surface area (Å²) in [4.78, 5) is 20.2. The number of benzene rings is 1. The number of carbonyl (C=O) groups is 1. The molecule has 25 heavy (non-hydrogen) atoms. The average molecular weight is 338 g/mol. The van der Waals surface area contributed by atoms with Crippen molar-refractivity contribution in [1.82, 2.24) is 14.5 Å². The number of hydrogen-bond acceptors (Lipinski definition) is 3. The summed E-state index contributed by atoms with van der Waals surface area (Å²) in [5, 5.41) is 3.48. The summed E-state index contributed by atoms with van der Waals surface area (Å²) in [5.41, 5.74) is 4.52. The number of imidazole rings is 1. The van der Waals surface area contributed by atoms with Crippen molar-refractivity contribution in [3.8, 4) is 11.5 Å². The van der Waals surface area contributed by atoms with Crippen LogP contribution in [0, 0.1) is 5.92 Å². The third-order valence-electron chi connectivity index (χ3n) is 4.06. The van der Waals surface area contributed by atoms with Gasteiger partial charge in [-0.05, 0) is 45.0 Å². The molecule has 5 heteroatoms. The van der Waals surface area contributed by atoms with Gasteiger partial charge in [-0.1, -0.05) is 13.8 Å². The SMILES string of the molecule is CC(C)C(=O)c1ccc2nc(-c3cc(NC(C)(C)C)cn3C)[nH]c2c1. The van der Waals surface area contributed by atoms with Gasteiger partial charge in [0.15, 0.2) is 11.6 Å². The molecule has 3 aromatic rings. The van der Waals surface area contributed by atoms with Crippen molar-refractivity contribution in [1.29, 1.82) is 0 Å². The molecule has 2 N–H and O–H groups in total. The van der Waals surface area contributed by atoms with Crippen LogP contribution in [0.2, 0.25) is 0 Å². The van der Waals surface area contributed by atoms with Crippen LogP contribution in [0.15, 0.2) is 30.5 Å². The minimum absolute atomic E-state index is 0.00138.